The summed E-state index contributed by atoms with van der Waals surface area (Å²) in [7, 11) is 0. The van der Waals surface area contributed by atoms with Crippen molar-refractivity contribution in [3.8, 4) is 0 Å². The first-order valence-corrected chi connectivity index (χ1v) is 9.16. The van der Waals surface area contributed by atoms with E-state index in [-0.39, 0.29) is 11.8 Å². The normalized spacial score (nSPS) is 11.8. The lowest BCUT2D eigenvalue weighted by Crippen LogP contribution is -2.33. The Labute approximate surface area is 147 Å². The molecule has 0 aliphatic carbocycles. The van der Waals surface area contributed by atoms with Crippen molar-refractivity contribution in [2.45, 2.75) is 46.0 Å². The number of unbranched alkanes of at least 4 members (excludes halogenated alkanes) is 1. The summed E-state index contributed by atoms with van der Waals surface area (Å²) >= 11 is 3.33. The Morgan fingerprint density at radius 1 is 1.13 bits per heavy atom. The fourth-order valence-corrected chi connectivity index (χ4v) is 2.55. The molecule has 1 atom stereocenters. The summed E-state index contributed by atoms with van der Waals surface area (Å²) < 4.78 is 0.932. The van der Waals surface area contributed by atoms with Gasteiger partial charge in [0.1, 0.15) is 0 Å². The van der Waals surface area contributed by atoms with Crippen molar-refractivity contribution in [2.24, 2.45) is 5.92 Å². The first kappa shape index (κ1) is 19.7. The summed E-state index contributed by atoms with van der Waals surface area (Å²) in [6.45, 7) is 5.42. The summed E-state index contributed by atoms with van der Waals surface area (Å²) in [6, 6.07) is 7.14. The lowest BCUT2D eigenvalue weighted by atomic mass is 9.99. The Balaban J connectivity index is 2.22. The zero-order valence-corrected chi connectivity index (χ0v) is 15.6. The van der Waals surface area contributed by atoms with Gasteiger partial charge in [-0.05, 0) is 36.6 Å². The molecule has 0 heterocycles. The zero-order valence-electron chi connectivity index (χ0n) is 14.0. The van der Waals surface area contributed by atoms with Gasteiger partial charge in [-0.25, -0.2) is 0 Å². The van der Waals surface area contributed by atoms with Gasteiger partial charge in [0.05, 0.1) is 0 Å². The molecule has 0 aliphatic heterocycles. The van der Waals surface area contributed by atoms with Crippen LogP contribution in [0.1, 0.15) is 56.3 Å². The molecule has 1 aromatic carbocycles. The average molecular weight is 383 g/mol. The molecule has 2 amide bonds. The maximum absolute atomic E-state index is 11.9. The average Bonchev–Trinajstić information content (AvgIpc) is 2.55. The molecule has 0 spiro atoms. The minimum atomic E-state index is -0.153. The van der Waals surface area contributed by atoms with E-state index < -0.39 is 0 Å². The maximum atomic E-state index is 11.9. The molecule has 1 aromatic rings. The first-order chi connectivity index (χ1) is 11.1. The number of carbonyl (C=O) groups is 2. The second-order valence-electron chi connectivity index (χ2n) is 5.73. The van der Waals surface area contributed by atoms with Crippen LogP contribution in [0.4, 0.5) is 0 Å². The zero-order chi connectivity index (χ0) is 17.1. The number of hydrogen-bond donors (Lipinski definition) is 2. The highest BCUT2D eigenvalue weighted by Gasteiger charge is 2.09. The van der Waals surface area contributed by atoms with Crippen LogP contribution in [0, 0.1) is 5.92 Å². The van der Waals surface area contributed by atoms with Crippen LogP contribution in [0.5, 0.6) is 0 Å². The molecule has 23 heavy (non-hydrogen) atoms. The molecule has 1 unspecified atom stereocenters. The van der Waals surface area contributed by atoms with Crippen molar-refractivity contribution < 1.29 is 9.59 Å². The highest BCUT2D eigenvalue weighted by atomic mass is 79.9. The lowest BCUT2D eigenvalue weighted by Gasteiger charge is -2.15. The van der Waals surface area contributed by atoms with E-state index in [0.717, 1.165) is 23.9 Å². The van der Waals surface area contributed by atoms with Crippen molar-refractivity contribution in [1.29, 1.82) is 0 Å². The van der Waals surface area contributed by atoms with Crippen molar-refractivity contribution in [1.82, 2.24) is 10.6 Å². The SMILES string of the molecule is CCCCC(CC)CNC(=O)CCNC(=O)c1ccc(Br)cc1. The van der Waals surface area contributed by atoms with Crippen molar-refractivity contribution in [2.75, 3.05) is 13.1 Å². The van der Waals surface area contributed by atoms with E-state index >= 15 is 0 Å². The molecule has 0 saturated heterocycles. The minimum absolute atomic E-state index is 0.00365. The number of hydrogen-bond acceptors (Lipinski definition) is 2. The van der Waals surface area contributed by atoms with Crippen LogP contribution in [0.15, 0.2) is 28.7 Å². The van der Waals surface area contributed by atoms with Gasteiger partial charge in [-0.3, -0.25) is 9.59 Å². The van der Waals surface area contributed by atoms with Crippen LogP contribution in [0.2, 0.25) is 0 Å². The van der Waals surface area contributed by atoms with Crippen LogP contribution in [-0.4, -0.2) is 24.9 Å². The number of nitrogens with one attached hydrogen (secondary N) is 2. The van der Waals surface area contributed by atoms with Gasteiger partial charge in [-0.2, -0.15) is 0 Å². The molecule has 0 aliphatic rings. The minimum Gasteiger partial charge on any atom is -0.356 e. The Morgan fingerprint density at radius 2 is 1.83 bits per heavy atom. The van der Waals surface area contributed by atoms with Crippen LogP contribution < -0.4 is 10.6 Å². The largest absolute Gasteiger partial charge is 0.356 e. The third-order valence-electron chi connectivity index (χ3n) is 3.88. The second-order valence-corrected chi connectivity index (χ2v) is 6.65. The van der Waals surface area contributed by atoms with E-state index in [0.29, 0.717) is 24.4 Å². The van der Waals surface area contributed by atoms with Crippen molar-refractivity contribution >= 4 is 27.7 Å². The monoisotopic (exact) mass is 382 g/mol. The standard InChI is InChI=1S/C18H27BrN2O2/c1-3-5-6-14(4-2)13-21-17(22)11-12-20-18(23)15-7-9-16(19)10-8-15/h7-10,14H,3-6,11-13H2,1-2H3,(H,20,23)(H,21,22). The molecule has 0 radical (unpaired) electrons. The smallest absolute Gasteiger partial charge is 0.251 e. The molecule has 0 fully saturated rings. The van der Waals surface area contributed by atoms with Gasteiger partial charge in [0.25, 0.3) is 5.91 Å². The van der Waals surface area contributed by atoms with Crippen LogP contribution in [-0.2, 0) is 4.79 Å². The van der Waals surface area contributed by atoms with Gasteiger partial charge in [0, 0.05) is 29.5 Å². The van der Waals surface area contributed by atoms with E-state index in [1.807, 2.05) is 12.1 Å². The van der Waals surface area contributed by atoms with Gasteiger partial charge >= 0.3 is 0 Å². The quantitative estimate of drug-likeness (QED) is 0.644. The van der Waals surface area contributed by atoms with Crippen LogP contribution >= 0.6 is 15.9 Å². The number of halogens is 1. The van der Waals surface area contributed by atoms with Gasteiger partial charge in [-0.15, -0.1) is 0 Å². The Bertz CT molecular complexity index is 488. The summed E-state index contributed by atoms with van der Waals surface area (Å²) in [5.41, 5.74) is 0.597. The molecule has 1 rings (SSSR count). The molecule has 0 aromatic heterocycles. The third kappa shape index (κ3) is 8.16. The van der Waals surface area contributed by atoms with E-state index in [4.69, 9.17) is 0 Å². The summed E-state index contributed by atoms with van der Waals surface area (Å²) in [5.74, 6) is 0.395. The topological polar surface area (TPSA) is 58.2 Å². The molecule has 2 N–H and O–H groups in total. The predicted molar refractivity (Wildman–Crippen MR) is 97.4 cm³/mol. The van der Waals surface area contributed by atoms with Crippen LogP contribution in [0.25, 0.3) is 0 Å². The molecule has 4 nitrogen and oxygen atoms in total. The van der Waals surface area contributed by atoms with Gasteiger partial charge in [-0.1, -0.05) is 49.0 Å². The number of amides is 2. The number of benzene rings is 1. The molecule has 128 valence electrons. The lowest BCUT2D eigenvalue weighted by molar-refractivity contribution is -0.121. The fourth-order valence-electron chi connectivity index (χ4n) is 2.28. The summed E-state index contributed by atoms with van der Waals surface area (Å²) in [5, 5.41) is 5.74. The van der Waals surface area contributed by atoms with E-state index in [2.05, 4.69) is 40.4 Å². The Kier molecular flexibility index (Phi) is 9.60. The summed E-state index contributed by atoms with van der Waals surface area (Å²) in [4.78, 5) is 23.7. The Morgan fingerprint density at radius 3 is 2.43 bits per heavy atom. The van der Waals surface area contributed by atoms with Crippen molar-refractivity contribution in [3.63, 3.8) is 0 Å². The molecule has 0 bridgehead atoms. The molecule has 5 heteroatoms. The second kappa shape index (κ2) is 11.2. The third-order valence-corrected chi connectivity index (χ3v) is 4.40. The number of carbonyl (C=O) groups excluding carboxylic acids is 2. The van der Waals surface area contributed by atoms with E-state index in [1.165, 1.54) is 12.8 Å². The molecule has 0 saturated carbocycles. The fraction of sp³-hybridized carbons (Fsp3) is 0.556. The van der Waals surface area contributed by atoms with E-state index in [1.54, 1.807) is 12.1 Å². The highest BCUT2D eigenvalue weighted by Crippen LogP contribution is 2.11. The molecular weight excluding hydrogens is 356 g/mol. The Hall–Kier alpha value is -1.36. The number of rotatable bonds is 10. The maximum Gasteiger partial charge on any atom is 0.251 e. The summed E-state index contributed by atoms with van der Waals surface area (Å²) in [6.07, 6.45) is 4.95. The predicted octanol–water partition coefficient (Wildman–Crippen LogP) is 3.90. The van der Waals surface area contributed by atoms with Crippen LogP contribution in [0.3, 0.4) is 0 Å². The van der Waals surface area contributed by atoms with E-state index in [9.17, 15) is 9.59 Å². The van der Waals surface area contributed by atoms with Gasteiger partial charge < -0.3 is 10.6 Å². The van der Waals surface area contributed by atoms with Gasteiger partial charge in [0.15, 0.2) is 0 Å². The first-order valence-electron chi connectivity index (χ1n) is 8.37. The van der Waals surface area contributed by atoms with Crippen molar-refractivity contribution in [3.05, 3.63) is 34.3 Å². The van der Waals surface area contributed by atoms with Gasteiger partial charge in [0.2, 0.25) is 5.91 Å². The molecular formula is C18H27BrN2O2. The highest BCUT2D eigenvalue weighted by molar-refractivity contribution is 9.10.